The Bertz CT molecular complexity index is 707. The molecule has 0 saturated heterocycles. The van der Waals surface area contributed by atoms with Crippen LogP contribution in [0.3, 0.4) is 0 Å². The molecule has 3 aromatic rings. The van der Waals surface area contributed by atoms with E-state index in [-0.39, 0.29) is 5.92 Å². The summed E-state index contributed by atoms with van der Waals surface area (Å²) < 4.78 is 10.9. The number of benzene rings is 1. The van der Waals surface area contributed by atoms with Crippen molar-refractivity contribution in [2.75, 3.05) is 6.61 Å². The molecule has 1 aliphatic rings. The number of ether oxygens (including phenoxy) is 1. The van der Waals surface area contributed by atoms with Crippen molar-refractivity contribution in [1.29, 1.82) is 0 Å². The second-order valence-electron chi connectivity index (χ2n) is 4.19. The van der Waals surface area contributed by atoms with Crippen LogP contribution < -0.4 is 4.74 Å². The first-order chi connectivity index (χ1) is 9.42. The van der Waals surface area contributed by atoms with E-state index in [4.69, 9.17) is 9.26 Å². The molecule has 2 aromatic heterocycles. The minimum Gasteiger partial charge on any atom is -0.492 e. The molecule has 0 radical (unpaired) electrons. The van der Waals surface area contributed by atoms with Gasteiger partial charge in [-0.05, 0) is 6.07 Å². The van der Waals surface area contributed by atoms with Crippen LogP contribution in [0.25, 0.3) is 11.6 Å². The van der Waals surface area contributed by atoms with E-state index in [9.17, 15) is 0 Å². The Balaban J connectivity index is 1.71. The summed E-state index contributed by atoms with van der Waals surface area (Å²) in [7, 11) is 0. The Morgan fingerprint density at radius 3 is 3.11 bits per heavy atom. The number of aromatic nitrogens is 5. The molecule has 1 unspecified atom stereocenters. The van der Waals surface area contributed by atoms with Crippen LogP contribution in [0.15, 0.2) is 35.1 Å². The molecule has 94 valence electrons. The molecule has 0 aliphatic carbocycles. The van der Waals surface area contributed by atoms with E-state index in [1.807, 2.05) is 24.3 Å². The summed E-state index contributed by atoms with van der Waals surface area (Å²) in [6.45, 7) is 0.511. The summed E-state index contributed by atoms with van der Waals surface area (Å²) in [6.07, 6.45) is 1.40. The lowest BCUT2D eigenvalue weighted by Crippen LogP contribution is -2.02. The smallest absolute Gasteiger partial charge is 0.239 e. The summed E-state index contributed by atoms with van der Waals surface area (Å²) in [5.74, 6) is 2.25. The first-order valence-corrected chi connectivity index (χ1v) is 5.83. The van der Waals surface area contributed by atoms with Crippen LogP contribution in [0.2, 0.25) is 0 Å². The van der Waals surface area contributed by atoms with Gasteiger partial charge in [0.1, 0.15) is 24.6 Å². The van der Waals surface area contributed by atoms with E-state index in [2.05, 4.69) is 25.3 Å². The molecule has 19 heavy (non-hydrogen) atoms. The van der Waals surface area contributed by atoms with Gasteiger partial charge in [-0.1, -0.05) is 23.4 Å². The van der Waals surface area contributed by atoms with Crippen LogP contribution in [0, 0.1) is 0 Å². The van der Waals surface area contributed by atoms with E-state index in [1.165, 1.54) is 6.33 Å². The highest BCUT2D eigenvalue weighted by atomic mass is 16.5. The first-order valence-electron chi connectivity index (χ1n) is 5.83. The second kappa shape index (κ2) is 3.91. The molecule has 0 saturated carbocycles. The number of para-hydroxylation sites is 1. The SMILES string of the molecule is c1ccc2c(c1)OCC2c1nc(-c2ncn[nH]2)no1. The van der Waals surface area contributed by atoms with Crippen molar-refractivity contribution >= 4 is 0 Å². The zero-order valence-corrected chi connectivity index (χ0v) is 9.78. The number of aromatic amines is 1. The zero-order valence-electron chi connectivity index (χ0n) is 9.78. The van der Waals surface area contributed by atoms with Gasteiger partial charge in [0.25, 0.3) is 0 Å². The van der Waals surface area contributed by atoms with Gasteiger partial charge in [-0.15, -0.1) is 0 Å². The molecule has 1 aromatic carbocycles. The summed E-state index contributed by atoms with van der Waals surface area (Å²) in [5, 5.41) is 10.4. The molecule has 7 heteroatoms. The summed E-state index contributed by atoms with van der Waals surface area (Å²) in [4.78, 5) is 8.33. The van der Waals surface area contributed by atoms with Crippen molar-refractivity contribution in [3.63, 3.8) is 0 Å². The van der Waals surface area contributed by atoms with Gasteiger partial charge >= 0.3 is 0 Å². The molecule has 7 nitrogen and oxygen atoms in total. The number of hydrogen-bond donors (Lipinski definition) is 1. The standard InChI is InChI=1S/C12H9N5O2/c1-2-4-9-7(3-1)8(5-18-9)12-15-11(17-19-12)10-13-6-14-16-10/h1-4,6,8H,5H2,(H,13,14,16). The fraction of sp³-hybridized carbons (Fsp3) is 0.167. The molecular formula is C12H9N5O2. The maximum absolute atomic E-state index is 5.60. The first kappa shape index (κ1) is 10.2. The normalized spacial score (nSPS) is 17.2. The van der Waals surface area contributed by atoms with Crippen molar-refractivity contribution in [2.45, 2.75) is 5.92 Å². The molecule has 0 spiro atoms. The Labute approximate surface area is 107 Å². The predicted octanol–water partition coefficient (Wildman–Crippen LogP) is 1.38. The lowest BCUT2D eigenvalue weighted by atomic mass is 10.0. The van der Waals surface area contributed by atoms with Gasteiger partial charge in [-0.2, -0.15) is 10.1 Å². The third-order valence-corrected chi connectivity index (χ3v) is 3.07. The van der Waals surface area contributed by atoms with Crippen LogP contribution in [-0.4, -0.2) is 31.9 Å². The molecule has 3 heterocycles. The highest BCUT2D eigenvalue weighted by molar-refractivity contribution is 5.44. The summed E-state index contributed by atoms with van der Waals surface area (Å²) in [5.41, 5.74) is 1.07. The Hall–Kier alpha value is -2.70. The number of nitrogens with one attached hydrogen (secondary N) is 1. The summed E-state index contributed by atoms with van der Waals surface area (Å²) >= 11 is 0. The van der Waals surface area contributed by atoms with Crippen molar-refractivity contribution in [3.8, 4) is 17.4 Å². The number of hydrogen-bond acceptors (Lipinski definition) is 6. The highest BCUT2D eigenvalue weighted by Crippen LogP contribution is 2.37. The predicted molar refractivity (Wildman–Crippen MR) is 63.5 cm³/mol. The van der Waals surface area contributed by atoms with Crippen LogP contribution in [0.1, 0.15) is 17.4 Å². The van der Waals surface area contributed by atoms with Crippen LogP contribution in [-0.2, 0) is 0 Å². The van der Waals surface area contributed by atoms with Gasteiger partial charge in [0.05, 0.1) is 0 Å². The highest BCUT2D eigenvalue weighted by Gasteiger charge is 2.30. The second-order valence-corrected chi connectivity index (χ2v) is 4.19. The van der Waals surface area contributed by atoms with Crippen molar-refractivity contribution in [2.24, 2.45) is 0 Å². The minimum absolute atomic E-state index is 0.0274. The number of fused-ring (bicyclic) bond motifs is 1. The topological polar surface area (TPSA) is 89.7 Å². The van der Waals surface area contributed by atoms with Gasteiger partial charge in [0.15, 0.2) is 5.82 Å². The Morgan fingerprint density at radius 2 is 2.21 bits per heavy atom. The molecule has 1 atom stereocenters. The van der Waals surface area contributed by atoms with E-state index >= 15 is 0 Å². The maximum Gasteiger partial charge on any atom is 0.239 e. The van der Waals surface area contributed by atoms with E-state index in [0.29, 0.717) is 24.1 Å². The minimum atomic E-state index is -0.0274. The van der Waals surface area contributed by atoms with Crippen molar-refractivity contribution in [3.05, 3.63) is 42.0 Å². The largest absolute Gasteiger partial charge is 0.492 e. The van der Waals surface area contributed by atoms with Gasteiger partial charge in [0, 0.05) is 5.56 Å². The quantitative estimate of drug-likeness (QED) is 0.744. The van der Waals surface area contributed by atoms with Gasteiger partial charge in [-0.3, -0.25) is 5.10 Å². The molecule has 1 aliphatic heterocycles. The van der Waals surface area contributed by atoms with Crippen molar-refractivity contribution < 1.29 is 9.26 Å². The zero-order chi connectivity index (χ0) is 12.7. The number of rotatable bonds is 2. The van der Waals surface area contributed by atoms with Crippen LogP contribution in [0.4, 0.5) is 0 Å². The molecule has 0 bridgehead atoms. The number of nitrogens with zero attached hydrogens (tertiary/aromatic N) is 4. The third-order valence-electron chi connectivity index (χ3n) is 3.07. The Kier molecular flexibility index (Phi) is 2.11. The summed E-state index contributed by atoms with van der Waals surface area (Å²) in [6, 6.07) is 7.84. The van der Waals surface area contributed by atoms with Gasteiger partial charge < -0.3 is 9.26 Å². The van der Waals surface area contributed by atoms with E-state index in [1.54, 1.807) is 0 Å². The molecule has 4 rings (SSSR count). The van der Waals surface area contributed by atoms with E-state index < -0.39 is 0 Å². The van der Waals surface area contributed by atoms with Crippen LogP contribution >= 0.6 is 0 Å². The maximum atomic E-state index is 5.60. The average Bonchev–Trinajstić information content (AvgIpc) is 3.18. The molecule has 1 N–H and O–H groups in total. The molecular weight excluding hydrogens is 246 g/mol. The number of H-pyrrole nitrogens is 1. The van der Waals surface area contributed by atoms with Crippen LogP contribution in [0.5, 0.6) is 5.75 Å². The molecule has 0 fully saturated rings. The fourth-order valence-electron chi connectivity index (χ4n) is 2.15. The monoisotopic (exact) mass is 255 g/mol. The Morgan fingerprint density at radius 1 is 1.26 bits per heavy atom. The molecule has 0 amide bonds. The van der Waals surface area contributed by atoms with Crippen molar-refractivity contribution in [1.82, 2.24) is 25.3 Å². The lowest BCUT2D eigenvalue weighted by Gasteiger charge is -2.00. The van der Waals surface area contributed by atoms with E-state index in [0.717, 1.165) is 11.3 Å². The van der Waals surface area contributed by atoms with Gasteiger partial charge in [0.2, 0.25) is 11.7 Å². The van der Waals surface area contributed by atoms with Gasteiger partial charge in [-0.25, -0.2) is 4.98 Å². The lowest BCUT2D eigenvalue weighted by molar-refractivity contribution is 0.305. The average molecular weight is 255 g/mol. The third kappa shape index (κ3) is 1.59. The fourth-order valence-corrected chi connectivity index (χ4v) is 2.15.